The first-order valence-electron chi connectivity index (χ1n) is 7.19. The zero-order valence-electron chi connectivity index (χ0n) is 12.8. The van der Waals surface area contributed by atoms with Crippen molar-refractivity contribution in [1.29, 1.82) is 0 Å². The highest BCUT2D eigenvalue weighted by molar-refractivity contribution is 5.67. The van der Waals surface area contributed by atoms with Gasteiger partial charge in [-0.1, -0.05) is 44.2 Å². The highest BCUT2D eigenvalue weighted by atomic mass is 16.6. The third-order valence-corrected chi connectivity index (χ3v) is 2.91. The number of rotatable bonds is 7. The van der Waals surface area contributed by atoms with Crippen LogP contribution in [0.25, 0.3) is 0 Å². The van der Waals surface area contributed by atoms with Crippen molar-refractivity contribution in [3.8, 4) is 0 Å². The van der Waals surface area contributed by atoms with Crippen molar-refractivity contribution in [2.24, 2.45) is 5.92 Å². The summed E-state index contributed by atoms with van der Waals surface area (Å²) in [6.07, 6.45) is -0.609. The Balaban J connectivity index is 2.91. The van der Waals surface area contributed by atoms with Crippen molar-refractivity contribution in [1.82, 2.24) is 4.90 Å². The number of hydrogen-bond donors (Lipinski definition) is 0. The molecule has 1 amide bonds. The largest absolute Gasteiger partial charge is 0.450 e. The molecule has 1 aromatic carbocycles. The van der Waals surface area contributed by atoms with Gasteiger partial charge in [0.1, 0.15) is 6.23 Å². The molecule has 0 N–H and O–H groups in total. The molecule has 0 aliphatic rings. The number of amides is 1. The normalized spacial score (nSPS) is 12.2. The lowest BCUT2D eigenvalue weighted by molar-refractivity contribution is -0.0772. The Morgan fingerprint density at radius 2 is 1.80 bits per heavy atom. The van der Waals surface area contributed by atoms with Crippen LogP contribution in [0, 0.1) is 5.92 Å². The van der Waals surface area contributed by atoms with Crippen LogP contribution in [0.5, 0.6) is 0 Å². The summed E-state index contributed by atoms with van der Waals surface area (Å²) in [5.41, 5.74) is 1.06. The number of benzene rings is 1. The predicted octanol–water partition coefficient (Wildman–Crippen LogP) is 3.66. The van der Waals surface area contributed by atoms with E-state index in [4.69, 9.17) is 9.47 Å². The van der Waals surface area contributed by atoms with E-state index in [1.54, 1.807) is 4.90 Å². The van der Waals surface area contributed by atoms with E-state index in [-0.39, 0.29) is 18.2 Å². The van der Waals surface area contributed by atoms with E-state index >= 15 is 0 Å². The van der Waals surface area contributed by atoms with Crippen LogP contribution in [0.3, 0.4) is 0 Å². The molecule has 1 aromatic rings. The third kappa shape index (κ3) is 4.85. The van der Waals surface area contributed by atoms with Crippen LogP contribution in [-0.4, -0.2) is 30.4 Å². The summed E-state index contributed by atoms with van der Waals surface area (Å²) in [5.74, 6) is 0.197. The molecule has 0 fully saturated rings. The van der Waals surface area contributed by atoms with E-state index in [9.17, 15) is 4.79 Å². The van der Waals surface area contributed by atoms with Crippen LogP contribution in [0.1, 0.15) is 33.3 Å². The summed E-state index contributed by atoms with van der Waals surface area (Å²) >= 11 is 0. The Labute approximate surface area is 121 Å². The molecule has 0 aliphatic heterocycles. The Hall–Kier alpha value is -1.55. The van der Waals surface area contributed by atoms with Crippen LogP contribution in [0.15, 0.2) is 30.3 Å². The van der Waals surface area contributed by atoms with Crippen molar-refractivity contribution in [3.05, 3.63) is 35.9 Å². The van der Waals surface area contributed by atoms with Crippen molar-refractivity contribution >= 4 is 6.09 Å². The summed E-state index contributed by atoms with van der Waals surface area (Å²) in [4.78, 5) is 13.9. The molecule has 0 radical (unpaired) electrons. The molecule has 0 aromatic heterocycles. The quantitative estimate of drug-likeness (QED) is 0.715. The second-order valence-electron chi connectivity index (χ2n) is 4.90. The molecule has 0 saturated heterocycles. The molecule has 0 aliphatic carbocycles. The van der Waals surface area contributed by atoms with Gasteiger partial charge in [0, 0.05) is 6.61 Å². The van der Waals surface area contributed by atoms with E-state index in [0.29, 0.717) is 19.8 Å². The van der Waals surface area contributed by atoms with E-state index in [2.05, 4.69) is 0 Å². The highest BCUT2D eigenvalue weighted by Crippen LogP contribution is 2.17. The molecule has 20 heavy (non-hydrogen) atoms. The molecule has 1 rings (SSSR count). The number of nitrogens with zero attached hydrogens (tertiary/aromatic N) is 1. The van der Waals surface area contributed by atoms with Crippen LogP contribution in [0.4, 0.5) is 4.79 Å². The number of carbonyl (C=O) groups excluding carboxylic acids is 1. The van der Waals surface area contributed by atoms with E-state index in [0.717, 1.165) is 5.56 Å². The minimum atomic E-state index is -0.330. The molecule has 1 unspecified atom stereocenters. The second kappa shape index (κ2) is 8.59. The van der Waals surface area contributed by atoms with Gasteiger partial charge in [-0.2, -0.15) is 0 Å². The van der Waals surface area contributed by atoms with Gasteiger partial charge in [0.2, 0.25) is 0 Å². The first kappa shape index (κ1) is 16.5. The second-order valence-corrected chi connectivity index (χ2v) is 4.90. The van der Waals surface area contributed by atoms with E-state index in [1.807, 2.05) is 58.0 Å². The van der Waals surface area contributed by atoms with Gasteiger partial charge in [0.15, 0.2) is 0 Å². The molecule has 4 heteroatoms. The molecule has 0 spiro atoms. The number of carbonyl (C=O) groups is 1. The van der Waals surface area contributed by atoms with Crippen molar-refractivity contribution in [2.45, 2.75) is 40.5 Å². The average molecular weight is 279 g/mol. The van der Waals surface area contributed by atoms with Crippen molar-refractivity contribution in [2.75, 3.05) is 13.2 Å². The van der Waals surface area contributed by atoms with Gasteiger partial charge >= 0.3 is 6.09 Å². The number of hydrogen-bond acceptors (Lipinski definition) is 3. The first-order chi connectivity index (χ1) is 9.60. The topological polar surface area (TPSA) is 38.8 Å². The Morgan fingerprint density at radius 1 is 1.15 bits per heavy atom. The van der Waals surface area contributed by atoms with Crippen LogP contribution >= 0.6 is 0 Å². The van der Waals surface area contributed by atoms with Gasteiger partial charge < -0.3 is 9.47 Å². The maximum absolute atomic E-state index is 12.2. The Morgan fingerprint density at radius 3 is 2.30 bits per heavy atom. The lowest BCUT2D eigenvalue weighted by Crippen LogP contribution is -2.44. The Kier molecular flexibility index (Phi) is 7.09. The number of ether oxygens (including phenoxy) is 2. The lowest BCUT2D eigenvalue weighted by atomic mass is 10.1. The van der Waals surface area contributed by atoms with Crippen molar-refractivity contribution < 1.29 is 14.3 Å². The van der Waals surface area contributed by atoms with Gasteiger partial charge in [-0.3, -0.25) is 4.90 Å². The summed E-state index contributed by atoms with van der Waals surface area (Å²) in [5, 5.41) is 0. The van der Waals surface area contributed by atoms with Gasteiger partial charge in [0.05, 0.1) is 13.2 Å². The van der Waals surface area contributed by atoms with E-state index < -0.39 is 0 Å². The summed E-state index contributed by atoms with van der Waals surface area (Å²) in [7, 11) is 0. The molecule has 4 nitrogen and oxygen atoms in total. The smallest absolute Gasteiger partial charge is 0.412 e. The first-order valence-corrected chi connectivity index (χ1v) is 7.19. The monoisotopic (exact) mass is 279 g/mol. The predicted molar refractivity (Wildman–Crippen MR) is 79.3 cm³/mol. The van der Waals surface area contributed by atoms with Crippen molar-refractivity contribution in [3.63, 3.8) is 0 Å². The molecule has 1 atom stereocenters. The summed E-state index contributed by atoms with van der Waals surface area (Å²) < 4.78 is 10.9. The SMILES string of the molecule is CCOC(=O)N(Cc1ccccc1)C(OCC)C(C)C. The molecule has 0 saturated carbocycles. The summed E-state index contributed by atoms with van der Waals surface area (Å²) in [6, 6.07) is 9.87. The molecule has 0 bridgehead atoms. The fourth-order valence-corrected chi connectivity index (χ4v) is 2.06. The lowest BCUT2D eigenvalue weighted by Gasteiger charge is -2.33. The van der Waals surface area contributed by atoms with Crippen LogP contribution < -0.4 is 0 Å². The average Bonchev–Trinajstić information content (AvgIpc) is 2.43. The highest BCUT2D eigenvalue weighted by Gasteiger charge is 2.27. The van der Waals surface area contributed by atoms with E-state index in [1.165, 1.54) is 0 Å². The fourth-order valence-electron chi connectivity index (χ4n) is 2.06. The zero-order valence-corrected chi connectivity index (χ0v) is 12.8. The minimum absolute atomic E-state index is 0.197. The standard InChI is InChI=1S/C16H25NO3/c1-5-19-15(13(3)4)17(16(18)20-6-2)12-14-10-8-7-9-11-14/h7-11,13,15H,5-6,12H2,1-4H3. The fraction of sp³-hybridized carbons (Fsp3) is 0.562. The molecular weight excluding hydrogens is 254 g/mol. The third-order valence-electron chi connectivity index (χ3n) is 2.91. The molecule has 112 valence electrons. The van der Waals surface area contributed by atoms with Crippen LogP contribution in [-0.2, 0) is 16.0 Å². The molecular formula is C16H25NO3. The maximum atomic E-state index is 12.2. The van der Waals surface area contributed by atoms with Crippen LogP contribution in [0.2, 0.25) is 0 Å². The maximum Gasteiger partial charge on any atom is 0.412 e. The van der Waals surface area contributed by atoms with Gasteiger partial charge in [-0.05, 0) is 25.3 Å². The zero-order chi connectivity index (χ0) is 15.0. The van der Waals surface area contributed by atoms with Gasteiger partial charge in [-0.15, -0.1) is 0 Å². The molecule has 0 heterocycles. The minimum Gasteiger partial charge on any atom is -0.450 e. The van der Waals surface area contributed by atoms with Gasteiger partial charge in [-0.25, -0.2) is 4.79 Å². The Bertz CT molecular complexity index is 392. The van der Waals surface area contributed by atoms with Gasteiger partial charge in [0.25, 0.3) is 0 Å². The summed E-state index contributed by atoms with van der Waals surface area (Å²) in [6.45, 7) is 9.23.